The van der Waals surface area contributed by atoms with Crippen molar-refractivity contribution in [2.75, 3.05) is 29.1 Å². The van der Waals surface area contributed by atoms with Crippen molar-refractivity contribution in [2.45, 2.75) is 33.6 Å². The Kier molecular flexibility index (Phi) is 8.34. The van der Waals surface area contributed by atoms with E-state index in [-0.39, 0.29) is 18.4 Å². The normalized spacial score (nSPS) is 10.4. The Hall–Kier alpha value is -3.02. The SMILES string of the molecule is CCC(=O)Nc1cccc(NCC(=O)Nc2ccc(OCCC(C)C)cc2)c1. The molecule has 0 aliphatic heterocycles. The Morgan fingerprint density at radius 3 is 2.29 bits per heavy atom. The Morgan fingerprint density at radius 2 is 1.61 bits per heavy atom. The largest absolute Gasteiger partial charge is 0.494 e. The maximum atomic E-state index is 12.2. The third-order valence-corrected chi connectivity index (χ3v) is 4.02. The van der Waals surface area contributed by atoms with Crippen LogP contribution in [0, 0.1) is 5.92 Å². The molecule has 0 bridgehead atoms. The number of hydrogen-bond acceptors (Lipinski definition) is 4. The highest BCUT2D eigenvalue weighted by Crippen LogP contribution is 2.17. The molecule has 0 fully saturated rings. The Morgan fingerprint density at radius 1 is 0.929 bits per heavy atom. The van der Waals surface area contributed by atoms with Gasteiger partial charge >= 0.3 is 0 Å². The highest BCUT2D eigenvalue weighted by atomic mass is 16.5. The monoisotopic (exact) mass is 383 g/mol. The number of rotatable bonds is 10. The lowest BCUT2D eigenvalue weighted by atomic mass is 10.1. The predicted octanol–water partition coefficient (Wildman–Crippen LogP) is 4.51. The molecule has 0 aromatic heterocycles. The number of carbonyl (C=O) groups is 2. The van der Waals surface area contributed by atoms with Gasteiger partial charge in [-0.1, -0.05) is 26.8 Å². The summed E-state index contributed by atoms with van der Waals surface area (Å²) >= 11 is 0. The second-order valence-electron chi connectivity index (χ2n) is 6.94. The third-order valence-electron chi connectivity index (χ3n) is 4.02. The number of hydrogen-bond donors (Lipinski definition) is 3. The van der Waals surface area contributed by atoms with E-state index in [1.807, 2.05) is 42.5 Å². The minimum atomic E-state index is -0.156. The summed E-state index contributed by atoms with van der Waals surface area (Å²) < 4.78 is 5.67. The van der Waals surface area contributed by atoms with Gasteiger partial charge in [0, 0.05) is 23.5 Å². The van der Waals surface area contributed by atoms with Crippen LogP contribution in [-0.4, -0.2) is 25.0 Å². The first-order chi connectivity index (χ1) is 13.5. The van der Waals surface area contributed by atoms with E-state index in [0.29, 0.717) is 30.3 Å². The standard InChI is InChI=1S/C22H29N3O3/c1-4-21(26)25-19-7-5-6-18(14-19)23-15-22(27)24-17-8-10-20(11-9-17)28-13-12-16(2)3/h5-11,14,16,23H,4,12-13,15H2,1-3H3,(H,24,27)(H,25,26). The zero-order chi connectivity index (χ0) is 20.4. The lowest BCUT2D eigenvalue weighted by Gasteiger charge is -2.11. The van der Waals surface area contributed by atoms with E-state index >= 15 is 0 Å². The Labute approximate surface area is 166 Å². The van der Waals surface area contributed by atoms with E-state index in [9.17, 15) is 9.59 Å². The van der Waals surface area contributed by atoms with Gasteiger partial charge in [0.1, 0.15) is 5.75 Å². The van der Waals surface area contributed by atoms with Crippen LogP contribution in [0.2, 0.25) is 0 Å². The summed E-state index contributed by atoms with van der Waals surface area (Å²) in [6, 6.07) is 14.6. The highest BCUT2D eigenvalue weighted by molar-refractivity contribution is 5.94. The molecule has 0 unspecified atom stereocenters. The zero-order valence-corrected chi connectivity index (χ0v) is 16.7. The lowest BCUT2D eigenvalue weighted by Crippen LogP contribution is -2.21. The molecule has 2 aromatic carbocycles. The molecular formula is C22H29N3O3. The third kappa shape index (κ3) is 7.70. The molecule has 0 radical (unpaired) electrons. The molecule has 3 N–H and O–H groups in total. The molecule has 2 aromatic rings. The van der Waals surface area contributed by atoms with Crippen LogP contribution in [0.25, 0.3) is 0 Å². The molecule has 6 heteroatoms. The average Bonchev–Trinajstić information content (AvgIpc) is 2.68. The molecule has 0 heterocycles. The summed E-state index contributed by atoms with van der Waals surface area (Å²) in [6.07, 6.45) is 1.43. The molecule has 0 aliphatic carbocycles. The van der Waals surface area contributed by atoms with Crippen LogP contribution in [0.5, 0.6) is 5.75 Å². The molecule has 150 valence electrons. The van der Waals surface area contributed by atoms with Gasteiger partial charge in [-0.05, 0) is 54.8 Å². The first-order valence-corrected chi connectivity index (χ1v) is 9.62. The van der Waals surface area contributed by atoms with E-state index in [0.717, 1.165) is 17.9 Å². The molecule has 0 saturated heterocycles. The van der Waals surface area contributed by atoms with Gasteiger partial charge in [-0.15, -0.1) is 0 Å². The van der Waals surface area contributed by atoms with Crippen molar-refractivity contribution in [1.82, 2.24) is 0 Å². The van der Waals surface area contributed by atoms with E-state index < -0.39 is 0 Å². The van der Waals surface area contributed by atoms with Crippen LogP contribution in [0.15, 0.2) is 48.5 Å². The van der Waals surface area contributed by atoms with Gasteiger partial charge in [-0.3, -0.25) is 9.59 Å². The second kappa shape index (κ2) is 11.0. The minimum Gasteiger partial charge on any atom is -0.494 e. The lowest BCUT2D eigenvalue weighted by molar-refractivity contribution is -0.116. The van der Waals surface area contributed by atoms with E-state index in [1.165, 1.54) is 0 Å². The number of anilines is 3. The number of carbonyl (C=O) groups excluding carboxylic acids is 2. The van der Waals surface area contributed by atoms with E-state index in [1.54, 1.807) is 13.0 Å². The van der Waals surface area contributed by atoms with Crippen LogP contribution in [0.3, 0.4) is 0 Å². The molecule has 2 amide bonds. The van der Waals surface area contributed by atoms with Crippen LogP contribution in [0.4, 0.5) is 17.1 Å². The fraction of sp³-hybridized carbons (Fsp3) is 0.364. The zero-order valence-electron chi connectivity index (χ0n) is 16.7. The molecule has 0 spiro atoms. The highest BCUT2D eigenvalue weighted by Gasteiger charge is 2.05. The van der Waals surface area contributed by atoms with Crippen LogP contribution in [0.1, 0.15) is 33.6 Å². The summed E-state index contributed by atoms with van der Waals surface area (Å²) in [6.45, 7) is 6.93. The van der Waals surface area contributed by atoms with Gasteiger partial charge in [0.05, 0.1) is 13.2 Å². The predicted molar refractivity (Wildman–Crippen MR) is 114 cm³/mol. The molecule has 6 nitrogen and oxygen atoms in total. The maximum Gasteiger partial charge on any atom is 0.243 e. The summed E-state index contributed by atoms with van der Waals surface area (Å²) in [4.78, 5) is 23.6. The van der Waals surface area contributed by atoms with E-state index in [4.69, 9.17) is 4.74 Å². The molecule has 0 aliphatic rings. The Balaban J connectivity index is 1.79. The van der Waals surface area contributed by atoms with Crippen molar-refractivity contribution in [2.24, 2.45) is 5.92 Å². The molecule has 28 heavy (non-hydrogen) atoms. The van der Waals surface area contributed by atoms with Gasteiger partial charge in [-0.25, -0.2) is 0 Å². The first kappa shape index (κ1) is 21.3. The van der Waals surface area contributed by atoms with E-state index in [2.05, 4.69) is 29.8 Å². The molecular weight excluding hydrogens is 354 g/mol. The van der Waals surface area contributed by atoms with Gasteiger partial charge in [0.25, 0.3) is 0 Å². The molecule has 2 rings (SSSR count). The fourth-order valence-electron chi connectivity index (χ4n) is 2.39. The maximum absolute atomic E-state index is 12.2. The number of nitrogens with one attached hydrogen (secondary N) is 3. The van der Waals surface area contributed by atoms with Crippen molar-refractivity contribution in [3.05, 3.63) is 48.5 Å². The smallest absolute Gasteiger partial charge is 0.243 e. The first-order valence-electron chi connectivity index (χ1n) is 9.62. The van der Waals surface area contributed by atoms with Crippen molar-refractivity contribution in [3.8, 4) is 5.75 Å². The van der Waals surface area contributed by atoms with Gasteiger partial charge in [0.2, 0.25) is 11.8 Å². The average molecular weight is 383 g/mol. The van der Waals surface area contributed by atoms with Crippen molar-refractivity contribution in [1.29, 1.82) is 0 Å². The van der Waals surface area contributed by atoms with Crippen LogP contribution >= 0.6 is 0 Å². The summed E-state index contributed by atoms with van der Waals surface area (Å²) in [5, 5.41) is 8.69. The number of benzene rings is 2. The fourth-order valence-corrected chi connectivity index (χ4v) is 2.39. The summed E-state index contributed by atoms with van der Waals surface area (Å²) in [5.74, 6) is 1.19. The Bertz CT molecular complexity index is 773. The van der Waals surface area contributed by atoms with Gasteiger partial charge < -0.3 is 20.7 Å². The quantitative estimate of drug-likeness (QED) is 0.564. The topological polar surface area (TPSA) is 79.5 Å². The number of amides is 2. The van der Waals surface area contributed by atoms with Crippen LogP contribution < -0.4 is 20.7 Å². The molecule has 0 saturated carbocycles. The van der Waals surface area contributed by atoms with Crippen LogP contribution in [-0.2, 0) is 9.59 Å². The van der Waals surface area contributed by atoms with Gasteiger partial charge in [0.15, 0.2) is 0 Å². The molecule has 0 atom stereocenters. The summed E-state index contributed by atoms with van der Waals surface area (Å²) in [7, 11) is 0. The number of ether oxygens (including phenoxy) is 1. The summed E-state index contributed by atoms with van der Waals surface area (Å²) in [5.41, 5.74) is 2.18. The van der Waals surface area contributed by atoms with Crippen molar-refractivity contribution >= 4 is 28.9 Å². The second-order valence-corrected chi connectivity index (χ2v) is 6.94. The van der Waals surface area contributed by atoms with Crippen molar-refractivity contribution < 1.29 is 14.3 Å². The van der Waals surface area contributed by atoms with Gasteiger partial charge in [-0.2, -0.15) is 0 Å². The minimum absolute atomic E-state index is 0.0495. The van der Waals surface area contributed by atoms with Crippen molar-refractivity contribution in [3.63, 3.8) is 0 Å².